The van der Waals surface area contributed by atoms with E-state index in [0.717, 1.165) is 31.3 Å². The first-order chi connectivity index (χ1) is 9.40. The standard InChI is InChI=1S/C16H33N3O/c1-5-13-7-9-14(10-8-13)19(4)12-6-11-16(2,3)15(17)18-20/h13-14,20H,5-12H2,1-4H3,(H2,17,18). The van der Waals surface area contributed by atoms with E-state index in [0.29, 0.717) is 5.84 Å². The second kappa shape index (κ2) is 7.87. The van der Waals surface area contributed by atoms with Crippen molar-refractivity contribution in [1.29, 1.82) is 0 Å². The van der Waals surface area contributed by atoms with Gasteiger partial charge in [-0.2, -0.15) is 0 Å². The summed E-state index contributed by atoms with van der Waals surface area (Å²) in [6.07, 6.45) is 8.86. The molecule has 1 aliphatic carbocycles. The molecule has 118 valence electrons. The van der Waals surface area contributed by atoms with Gasteiger partial charge in [0.05, 0.1) is 0 Å². The monoisotopic (exact) mass is 283 g/mol. The van der Waals surface area contributed by atoms with Crippen molar-refractivity contribution in [3.8, 4) is 0 Å². The lowest BCUT2D eigenvalue weighted by atomic mass is 9.83. The van der Waals surface area contributed by atoms with Crippen LogP contribution < -0.4 is 5.73 Å². The molecule has 4 nitrogen and oxygen atoms in total. The summed E-state index contributed by atoms with van der Waals surface area (Å²) in [6, 6.07) is 0.754. The lowest BCUT2D eigenvalue weighted by Gasteiger charge is -2.35. The lowest BCUT2D eigenvalue weighted by molar-refractivity contribution is 0.158. The molecule has 0 saturated heterocycles. The summed E-state index contributed by atoms with van der Waals surface area (Å²) in [6.45, 7) is 7.48. The average Bonchev–Trinajstić information content (AvgIpc) is 2.46. The minimum absolute atomic E-state index is 0.213. The maximum Gasteiger partial charge on any atom is 0.144 e. The summed E-state index contributed by atoms with van der Waals surface area (Å²) in [5.41, 5.74) is 5.51. The van der Waals surface area contributed by atoms with Crippen molar-refractivity contribution in [2.75, 3.05) is 13.6 Å². The van der Waals surface area contributed by atoms with Gasteiger partial charge in [-0.15, -0.1) is 0 Å². The predicted molar refractivity (Wildman–Crippen MR) is 85.1 cm³/mol. The molecule has 20 heavy (non-hydrogen) atoms. The van der Waals surface area contributed by atoms with Crippen LogP contribution in [0.25, 0.3) is 0 Å². The van der Waals surface area contributed by atoms with Gasteiger partial charge < -0.3 is 15.8 Å². The van der Waals surface area contributed by atoms with Crippen molar-refractivity contribution < 1.29 is 5.21 Å². The summed E-state index contributed by atoms with van der Waals surface area (Å²) in [7, 11) is 2.24. The number of nitrogens with zero attached hydrogens (tertiary/aromatic N) is 2. The summed E-state index contributed by atoms with van der Waals surface area (Å²) < 4.78 is 0. The fourth-order valence-corrected chi connectivity index (χ4v) is 3.21. The number of hydrogen-bond donors (Lipinski definition) is 2. The Hall–Kier alpha value is -0.770. The number of hydrogen-bond acceptors (Lipinski definition) is 3. The fraction of sp³-hybridized carbons (Fsp3) is 0.938. The first kappa shape index (κ1) is 17.3. The molecule has 0 amide bonds. The Balaban J connectivity index is 2.28. The zero-order valence-electron chi connectivity index (χ0n) is 13.7. The molecule has 0 spiro atoms. The molecule has 1 saturated carbocycles. The summed E-state index contributed by atoms with van der Waals surface area (Å²) >= 11 is 0. The molecule has 0 aromatic heterocycles. The third kappa shape index (κ3) is 4.97. The van der Waals surface area contributed by atoms with Crippen LogP contribution in [0.1, 0.15) is 65.7 Å². The molecule has 0 atom stereocenters. The van der Waals surface area contributed by atoms with Crippen LogP contribution in [0.15, 0.2) is 5.16 Å². The van der Waals surface area contributed by atoms with Crippen molar-refractivity contribution in [2.45, 2.75) is 71.8 Å². The van der Waals surface area contributed by atoms with Crippen LogP contribution in [0.2, 0.25) is 0 Å². The first-order valence-corrected chi connectivity index (χ1v) is 8.09. The minimum Gasteiger partial charge on any atom is -0.409 e. The summed E-state index contributed by atoms with van der Waals surface area (Å²) in [4.78, 5) is 2.51. The van der Waals surface area contributed by atoms with Gasteiger partial charge in [-0.1, -0.05) is 32.3 Å². The lowest BCUT2D eigenvalue weighted by Crippen LogP contribution is -2.37. The Morgan fingerprint density at radius 2 is 1.90 bits per heavy atom. The molecular formula is C16H33N3O. The van der Waals surface area contributed by atoms with Gasteiger partial charge in [0, 0.05) is 11.5 Å². The van der Waals surface area contributed by atoms with E-state index in [1.807, 2.05) is 13.8 Å². The van der Waals surface area contributed by atoms with E-state index in [4.69, 9.17) is 10.9 Å². The van der Waals surface area contributed by atoms with E-state index in [1.165, 1.54) is 32.1 Å². The third-order valence-corrected chi connectivity index (χ3v) is 5.13. The molecule has 0 heterocycles. The second-order valence-corrected chi connectivity index (χ2v) is 7.04. The van der Waals surface area contributed by atoms with Crippen molar-refractivity contribution in [3.63, 3.8) is 0 Å². The van der Waals surface area contributed by atoms with Crippen LogP contribution in [-0.4, -0.2) is 35.6 Å². The van der Waals surface area contributed by atoms with Crippen LogP contribution >= 0.6 is 0 Å². The number of amidine groups is 1. The second-order valence-electron chi connectivity index (χ2n) is 7.04. The smallest absolute Gasteiger partial charge is 0.144 e. The zero-order chi connectivity index (χ0) is 15.2. The van der Waals surface area contributed by atoms with E-state index < -0.39 is 0 Å². The molecule has 4 heteroatoms. The quantitative estimate of drug-likeness (QED) is 0.325. The molecule has 0 aromatic rings. The van der Waals surface area contributed by atoms with E-state index in [-0.39, 0.29) is 5.41 Å². The molecule has 3 N–H and O–H groups in total. The molecule has 1 rings (SSSR count). The van der Waals surface area contributed by atoms with Gasteiger partial charge in [-0.3, -0.25) is 0 Å². The van der Waals surface area contributed by atoms with Crippen LogP contribution in [0.5, 0.6) is 0 Å². The van der Waals surface area contributed by atoms with Gasteiger partial charge in [-0.25, -0.2) is 0 Å². The fourth-order valence-electron chi connectivity index (χ4n) is 3.21. The van der Waals surface area contributed by atoms with Crippen molar-refractivity contribution >= 4 is 5.84 Å². The largest absolute Gasteiger partial charge is 0.409 e. The van der Waals surface area contributed by atoms with Crippen molar-refractivity contribution in [1.82, 2.24) is 4.90 Å². The number of oxime groups is 1. The molecule has 1 fully saturated rings. The molecule has 0 aliphatic heterocycles. The minimum atomic E-state index is -0.213. The van der Waals surface area contributed by atoms with Gasteiger partial charge >= 0.3 is 0 Å². The number of rotatable bonds is 7. The Morgan fingerprint density at radius 1 is 1.30 bits per heavy atom. The van der Waals surface area contributed by atoms with E-state index in [1.54, 1.807) is 0 Å². The zero-order valence-corrected chi connectivity index (χ0v) is 13.7. The van der Waals surface area contributed by atoms with Gasteiger partial charge in [0.2, 0.25) is 0 Å². The SMILES string of the molecule is CCC1CCC(N(C)CCCC(C)(C)C(N)=NO)CC1. The van der Waals surface area contributed by atoms with Gasteiger partial charge in [0.15, 0.2) is 0 Å². The highest BCUT2D eigenvalue weighted by Crippen LogP contribution is 2.29. The molecule has 0 aromatic carbocycles. The van der Waals surface area contributed by atoms with E-state index in [9.17, 15) is 0 Å². The van der Waals surface area contributed by atoms with Gasteiger partial charge in [0.25, 0.3) is 0 Å². The topological polar surface area (TPSA) is 61.8 Å². The molecule has 0 radical (unpaired) electrons. The number of nitrogens with two attached hydrogens (primary N) is 1. The Morgan fingerprint density at radius 3 is 2.40 bits per heavy atom. The Bertz CT molecular complexity index is 307. The molecule has 1 aliphatic rings. The van der Waals surface area contributed by atoms with Gasteiger partial charge in [0.1, 0.15) is 5.84 Å². The maximum absolute atomic E-state index is 8.78. The third-order valence-electron chi connectivity index (χ3n) is 5.13. The van der Waals surface area contributed by atoms with Crippen LogP contribution in [0.3, 0.4) is 0 Å². The average molecular weight is 283 g/mol. The van der Waals surface area contributed by atoms with Crippen LogP contribution in [0.4, 0.5) is 0 Å². The first-order valence-electron chi connectivity index (χ1n) is 8.09. The van der Waals surface area contributed by atoms with Crippen molar-refractivity contribution in [3.05, 3.63) is 0 Å². The summed E-state index contributed by atoms with van der Waals surface area (Å²) in [5, 5.41) is 11.9. The van der Waals surface area contributed by atoms with E-state index in [2.05, 4.69) is 24.0 Å². The highest BCUT2D eigenvalue weighted by atomic mass is 16.4. The Labute approximate surface area is 124 Å². The highest BCUT2D eigenvalue weighted by molar-refractivity contribution is 5.85. The molecular weight excluding hydrogens is 250 g/mol. The van der Waals surface area contributed by atoms with Crippen LogP contribution in [-0.2, 0) is 0 Å². The van der Waals surface area contributed by atoms with Crippen LogP contribution in [0, 0.1) is 11.3 Å². The Kier molecular flexibility index (Phi) is 6.80. The molecule has 0 bridgehead atoms. The summed E-state index contributed by atoms with van der Waals surface area (Å²) in [5.74, 6) is 1.29. The predicted octanol–water partition coefficient (Wildman–Crippen LogP) is 3.44. The molecule has 0 unspecified atom stereocenters. The maximum atomic E-state index is 8.78. The van der Waals surface area contributed by atoms with Crippen molar-refractivity contribution in [2.24, 2.45) is 22.2 Å². The normalized spacial score (nSPS) is 25.1. The van der Waals surface area contributed by atoms with Gasteiger partial charge in [-0.05, 0) is 58.0 Å². The van der Waals surface area contributed by atoms with E-state index >= 15 is 0 Å². The highest BCUT2D eigenvalue weighted by Gasteiger charge is 2.25.